The third kappa shape index (κ3) is 2.57. The summed E-state index contributed by atoms with van der Waals surface area (Å²) in [5.41, 5.74) is 0.813. The molecule has 6 heteroatoms. The number of anilines is 1. The Bertz CT molecular complexity index is 652. The number of nitrogens with zero attached hydrogens (tertiary/aromatic N) is 1. The minimum absolute atomic E-state index is 0.0480. The third-order valence-corrected chi connectivity index (χ3v) is 2.58. The molecule has 0 aliphatic heterocycles. The van der Waals surface area contributed by atoms with E-state index in [2.05, 4.69) is 15.3 Å². The van der Waals surface area contributed by atoms with E-state index in [0.29, 0.717) is 16.5 Å². The number of aryl methyl sites for hydroxylation is 1. The first-order valence-electron chi connectivity index (χ1n) is 5.19. The highest BCUT2D eigenvalue weighted by atomic mass is 35.5. The molecule has 2 N–H and O–H groups in total. The van der Waals surface area contributed by atoms with E-state index in [1.807, 2.05) is 0 Å². The maximum atomic E-state index is 11.9. The molecule has 5 nitrogen and oxygen atoms in total. The zero-order chi connectivity index (χ0) is 13.1. The number of halogens is 1. The first-order valence-corrected chi connectivity index (χ1v) is 5.57. The van der Waals surface area contributed by atoms with Gasteiger partial charge in [-0.15, -0.1) is 0 Å². The highest BCUT2D eigenvalue weighted by Crippen LogP contribution is 2.16. The van der Waals surface area contributed by atoms with Crippen LogP contribution in [0.1, 0.15) is 16.1 Å². The number of aromatic amines is 1. The molecule has 2 aromatic heterocycles. The quantitative estimate of drug-likeness (QED) is 0.814. The molecule has 0 aromatic carbocycles. The van der Waals surface area contributed by atoms with Gasteiger partial charge in [0, 0.05) is 18.5 Å². The number of H-pyrrole nitrogens is 1. The van der Waals surface area contributed by atoms with Crippen molar-refractivity contribution in [1.82, 2.24) is 9.97 Å². The smallest absolute Gasteiger partial charge is 0.261 e. The normalized spacial score (nSPS) is 10.1. The van der Waals surface area contributed by atoms with Crippen molar-refractivity contribution in [3.63, 3.8) is 0 Å². The second-order valence-electron chi connectivity index (χ2n) is 3.64. The lowest BCUT2D eigenvalue weighted by Gasteiger charge is -2.07. The molecule has 0 bridgehead atoms. The van der Waals surface area contributed by atoms with Crippen LogP contribution in [0, 0.1) is 6.92 Å². The number of carbonyl (C=O) groups excluding carboxylic acids is 1. The molecular formula is C12H10ClN3O2. The summed E-state index contributed by atoms with van der Waals surface area (Å²) in [6.07, 6.45) is 2.82. The maximum absolute atomic E-state index is 11.9. The van der Waals surface area contributed by atoms with Gasteiger partial charge in [-0.1, -0.05) is 11.6 Å². The number of amides is 1. The van der Waals surface area contributed by atoms with Gasteiger partial charge >= 0.3 is 0 Å². The Labute approximate surface area is 108 Å². The van der Waals surface area contributed by atoms with Gasteiger partial charge in [-0.25, -0.2) is 4.98 Å². The zero-order valence-electron chi connectivity index (χ0n) is 9.53. The van der Waals surface area contributed by atoms with Crippen LogP contribution in [0.2, 0.25) is 5.15 Å². The molecule has 0 aliphatic rings. The largest absolute Gasteiger partial charge is 0.367 e. The molecule has 18 heavy (non-hydrogen) atoms. The molecule has 0 radical (unpaired) electrons. The van der Waals surface area contributed by atoms with E-state index < -0.39 is 5.91 Å². The molecule has 2 aromatic rings. The van der Waals surface area contributed by atoms with Crippen LogP contribution in [0.15, 0.2) is 35.4 Å². The first-order chi connectivity index (χ1) is 8.58. The summed E-state index contributed by atoms with van der Waals surface area (Å²) in [5, 5.41) is 2.96. The average Bonchev–Trinajstić information content (AvgIpc) is 2.33. The van der Waals surface area contributed by atoms with Crippen LogP contribution < -0.4 is 10.7 Å². The number of hydrogen-bond donors (Lipinski definition) is 2. The van der Waals surface area contributed by atoms with Crippen LogP contribution in [0.5, 0.6) is 0 Å². The Balaban J connectivity index is 2.27. The van der Waals surface area contributed by atoms with E-state index in [0.717, 1.165) is 0 Å². The van der Waals surface area contributed by atoms with Gasteiger partial charge in [0.25, 0.3) is 5.91 Å². The molecule has 0 aliphatic carbocycles. The number of pyridine rings is 2. The highest BCUT2D eigenvalue weighted by Gasteiger charge is 2.11. The molecule has 0 saturated heterocycles. The van der Waals surface area contributed by atoms with E-state index >= 15 is 0 Å². The van der Waals surface area contributed by atoms with Gasteiger partial charge in [-0.3, -0.25) is 9.59 Å². The number of carbonyl (C=O) groups is 1. The number of hydrogen-bond acceptors (Lipinski definition) is 3. The van der Waals surface area contributed by atoms with Crippen molar-refractivity contribution < 1.29 is 4.79 Å². The molecule has 0 fully saturated rings. The fourth-order valence-electron chi connectivity index (χ4n) is 1.45. The molecule has 0 saturated carbocycles. The van der Waals surface area contributed by atoms with E-state index in [4.69, 9.17) is 11.6 Å². The average molecular weight is 264 g/mol. The van der Waals surface area contributed by atoms with Crippen molar-refractivity contribution in [3.05, 3.63) is 57.2 Å². The Kier molecular flexibility index (Phi) is 3.43. The Morgan fingerprint density at radius 2 is 2.17 bits per heavy atom. The zero-order valence-corrected chi connectivity index (χ0v) is 10.3. The van der Waals surface area contributed by atoms with Crippen LogP contribution in [0.3, 0.4) is 0 Å². The molecule has 0 atom stereocenters. The van der Waals surface area contributed by atoms with Gasteiger partial charge in [-0.05, 0) is 19.1 Å². The van der Waals surface area contributed by atoms with Crippen molar-refractivity contribution in [2.45, 2.75) is 6.92 Å². The first kappa shape index (κ1) is 12.3. The predicted molar refractivity (Wildman–Crippen MR) is 69.0 cm³/mol. The highest BCUT2D eigenvalue weighted by molar-refractivity contribution is 6.29. The standard InChI is InChI=1S/C12H10ClN3O2/c1-7-9(2-3-11(13)15-7)16-12(18)8-6-14-5-4-10(8)17/h2-6H,1H3,(H,14,17)(H,16,18). The molecule has 0 spiro atoms. The van der Waals surface area contributed by atoms with E-state index in [-0.39, 0.29) is 11.0 Å². The summed E-state index contributed by atoms with van der Waals surface area (Å²) in [4.78, 5) is 30.1. The summed E-state index contributed by atoms with van der Waals surface area (Å²) in [6.45, 7) is 1.72. The van der Waals surface area contributed by atoms with Gasteiger partial charge in [0.2, 0.25) is 0 Å². The SMILES string of the molecule is Cc1nc(Cl)ccc1NC(=O)c1c[nH]ccc1=O. The van der Waals surface area contributed by atoms with Crippen LogP contribution in [0.4, 0.5) is 5.69 Å². The molecular weight excluding hydrogens is 254 g/mol. The monoisotopic (exact) mass is 263 g/mol. The maximum Gasteiger partial charge on any atom is 0.261 e. The predicted octanol–water partition coefficient (Wildman–Crippen LogP) is 1.98. The lowest BCUT2D eigenvalue weighted by Crippen LogP contribution is -2.21. The van der Waals surface area contributed by atoms with Gasteiger partial charge in [0.05, 0.1) is 11.4 Å². The van der Waals surface area contributed by atoms with Crippen molar-refractivity contribution in [2.75, 3.05) is 5.32 Å². The summed E-state index contributed by atoms with van der Waals surface area (Å²) in [7, 11) is 0. The van der Waals surface area contributed by atoms with Crippen molar-refractivity contribution in [1.29, 1.82) is 0 Å². The van der Waals surface area contributed by atoms with E-state index in [1.54, 1.807) is 19.1 Å². The van der Waals surface area contributed by atoms with Crippen molar-refractivity contribution in [2.24, 2.45) is 0 Å². The summed E-state index contributed by atoms with van der Waals surface area (Å²) >= 11 is 5.72. The third-order valence-electron chi connectivity index (χ3n) is 2.37. The lowest BCUT2D eigenvalue weighted by atomic mass is 10.2. The van der Waals surface area contributed by atoms with Gasteiger partial charge < -0.3 is 10.3 Å². The number of rotatable bonds is 2. The second-order valence-corrected chi connectivity index (χ2v) is 4.03. The number of aromatic nitrogens is 2. The fourth-order valence-corrected chi connectivity index (χ4v) is 1.64. The van der Waals surface area contributed by atoms with Crippen molar-refractivity contribution in [3.8, 4) is 0 Å². The fraction of sp³-hybridized carbons (Fsp3) is 0.0833. The van der Waals surface area contributed by atoms with Crippen LogP contribution in [-0.4, -0.2) is 15.9 Å². The topological polar surface area (TPSA) is 74.8 Å². The number of nitrogens with one attached hydrogen (secondary N) is 2. The Hall–Kier alpha value is -2.14. The summed E-state index contributed by atoms with van der Waals surface area (Å²) in [6, 6.07) is 4.50. The summed E-state index contributed by atoms with van der Waals surface area (Å²) in [5.74, 6) is -0.482. The van der Waals surface area contributed by atoms with Gasteiger partial charge in [0.1, 0.15) is 10.7 Å². The lowest BCUT2D eigenvalue weighted by molar-refractivity contribution is 0.102. The van der Waals surface area contributed by atoms with Gasteiger partial charge in [-0.2, -0.15) is 0 Å². The minimum atomic E-state index is -0.482. The Morgan fingerprint density at radius 1 is 1.39 bits per heavy atom. The molecule has 0 unspecified atom stereocenters. The molecule has 2 heterocycles. The second kappa shape index (κ2) is 5.01. The summed E-state index contributed by atoms with van der Waals surface area (Å²) < 4.78 is 0. The van der Waals surface area contributed by atoms with Crippen LogP contribution >= 0.6 is 11.6 Å². The van der Waals surface area contributed by atoms with Crippen molar-refractivity contribution >= 4 is 23.2 Å². The minimum Gasteiger partial charge on any atom is -0.367 e. The van der Waals surface area contributed by atoms with Crippen LogP contribution in [0.25, 0.3) is 0 Å². The molecule has 92 valence electrons. The van der Waals surface area contributed by atoms with E-state index in [9.17, 15) is 9.59 Å². The van der Waals surface area contributed by atoms with Crippen LogP contribution in [-0.2, 0) is 0 Å². The van der Waals surface area contributed by atoms with E-state index in [1.165, 1.54) is 18.5 Å². The van der Waals surface area contributed by atoms with Gasteiger partial charge in [0.15, 0.2) is 5.43 Å². The molecule has 1 amide bonds. The Morgan fingerprint density at radius 3 is 2.83 bits per heavy atom. The molecule has 2 rings (SSSR count).